The molecule has 25 heavy (non-hydrogen) atoms. The lowest BCUT2D eigenvalue weighted by Crippen LogP contribution is -2.26. The van der Waals surface area contributed by atoms with Gasteiger partial charge in [0.15, 0.2) is 5.76 Å². The Morgan fingerprint density at radius 2 is 2.16 bits per heavy atom. The maximum Gasteiger partial charge on any atom is 0.294 e. The van der Waals surface area contributed by atoms with Crippen molar-refractivity contribution in [2.45, 2.75) is 0 Å². The van der Waals surface area contributed by atoms with E-state index in [0.29, 0.717) is 11.6 Å². The summed E-state index contributed by atoms with van der Waals surface area (Å²) in [6.07, 6.45) is 3.08. The number of hydrogen-bond donors (Lipinski definition) is 0. The molecule has 3 aromatic rings. The molecule has 4 rings (SSSR count). The van der Waals surface area contributed by atoms with E-state index >= 15 is 0 Å². The minimum atomic E-state index is -0.424. The number of thioether (sulfide) groups is 1. The molecule has 1 aliphatic rings. The second-order valence-corrected chi connectivity index (χ2v) is 6.32. The van der Waals surface area contributed by atoms with E-state index in [1.165, 1.54) is 24.1 Å². The topological polar surface area (TPSA) is 72.4 Å². The summed E-state index contributed by atoms with van der Waals surface area (Å²) in [7, 11) is 0. The van der Waals surface area contributed by atoms with E-state index in [1.807, 2.05) is 0 Å². The van der Waals surface area contributed by atoms with Crippen molar-refractivity contribution in [2.75, 3.05) is 12.3 Å². The Hall–Kier alpha value is -2.87. The summed E-state index contributed by atoms with van der Waals surface area (Å²) in [5.41, 5.74) is 0.262. The number of carbonyl (C=O) groups is 1. The fraction of sp³-hybridized carbons (Fsp3) is 0.118. The van der Waals surface area contributed by atoms with Crippen molar-refractivity contribution in [3.63, 3.8) is 0 Å². The summed E-state index contributed by atoms with van der Waals surface area (Å²) in [6, 6.07) is 9.48. The summed E-state index contributed by atoms with van der Waals surface area (Å²) in [4.78, 5) is 18.2. The second-order valence-electron chi connectivity index (χ2n) is 5.20. The molecule has 1 amide bonds. The number of hydrogen-bond acceptors (Lipinski definition) is 6. The molecular weight excluding hydrogens is 345 g/mol. The maximum absolute atomic E-state index is 13.8. The predicted molar refractivity (Wildman–Crippen MR) is 89.9 cm³/mol. The minimum Gasteiger partial charge on any atom is -0.459 e. The molecule has 1 aliphatic heterocycles. The van der Waals surface area contributed by atoms with Gasteiger partial charge in [-0.05, 0) is 24.3 Å². The molecule has 6 nitrogen and oxygen atoms in total. The summed E-state index contributed by atoms with van der Waals surface area (Å²) in [5.74, 6) is 0.747. The zero-order chi connectivity index (χ0) is 17.2. The van der Waals surface area contributed by atoms with Crippen LogP contribution in [0.3, 0.4) is 0 Å². The first-order valence-electron chi connectivity index (χ1n) is 7.51. The number of nitrogens with zero attached hydrogens (tertiary/aromatic N) is 3. The molecule has 1 saturated heterocycles. The lowest BCUT2D eigenvalue weighted by atomic mass is 10.2. The number of rotatable bonds is 3. The van der Waals surface area contributed by atoms with Gasteiger partial charge in [0.25, 0.3) is 11.8 Å². The number of benzene rings is 1. The van der Waals surface area contributed by atoms with Gasteiger partial charge in [0.1, 0.15) is 5.82 Å². The quantitative estimate of drug-likeness (QED) is 0.712. The standard InChI is InChI=1S/C17H12FN3O3S/c18-12-5-2-1-4-11(12)16-19-14(24-20-16)10-15-21(7-9-25-15)17(22)13-6-3-8-23-13/h1-6,8,10H,7,9H2/b15-10+. The molecule has 0 saturated carbocycles. The van der Waals surface area contributed by atoms with Crippen molar-refractivity contribution in [3.05, 3.63) is 65.2 Å². The van der Waals surface area contributed by atoms with E-state index in [4.69, 9.17) is 8.94 Å². The molecule has 2 aromatic heterocycles. The van der Waals surface area contributed by atoms with Crippen LogP contribution in [0.25, 0.3) is 17.5 Å². The highest BCUT2D eigenvalue weighted by molar-refractivity contribution is 8.03. The summed E-state index contributed by atoms with van der Waals surface area (Å²) < 4.78 is 24.1. The smallest absolute Gasteiger partial charge is 0.294 e. The highest BCUT2D eigenvalue weighted by Crippen LogP contribution is 2.31. The molecule has 0 aliphatic carbocycles. The average molecular weight is 357 g/mol. The molecule has 0 bridgehead atoms. The summed E-state index contributed by atoms with van der Waals surface area (Å²) >= 11 is 1.50. The largest absolute Gasteiger partial charge is 0.459 e. The van der Waals surface area contributed by atoms with Crippen molar-refractivity contribution in [3.8, 4) is 11.4 Å². The van der Waals surface area contributed by atoms with Crippen molar-refractivity contribution < 1.29 is 18.1 Å². The van der Waals surface area contributed by atoms with Crippen LogP contribution in [0.1, 0.15) is 16.4 Å². The van der Waals surface area contributed by atoms with Gasteiger partial charge in [-0.15, -0.1) is 11.8 Å². The minimum absolute atomic E-state index is 0.164. The molecule has 0 atom stereocenters. The molecule has 0 N–H and O–H groups in total. The summed E-state index contributed by atoms with van der Waals surface area (Å²) in [5, 5.41) is 4.49. The van der Waals surface area contributed by atoms with Gasteiger partial charge in [0.05, 0.1) is 16.9 Å². The van der Waals surface area contributed by atoms with Crippen LogP contribution >= 0.6 is 11.8 Å². The highest BCUT2D eigenvalue weighted by atomic mass is 32.2. The third kappa shape index (κ3) is 3.08. The van der Waals surface area contributed by atoms with Gasteiger partial charge >= 0.3 is 0 Å². The van der Waals surface area contributed by atoms with Gasteiger partial charge in [0.2, 0.25) is 5.82 Å². The van der Waals surface area contributed by atoms with Crippen molar-refractivity contribution >= 4 is 23.7 Å². The van der Waals surface area contributed by atoms with Crippen LogP contribution < -0.4 is 0 Å². The Morgan fingerprint density at radius 3 is 2.96 bits per heavy atom. The van der Waals surface area contributed by atoms with E-state index in [2.05, 4.69) is 10.1 Å². The number of carbonyl (C=O) groups excluding carboxylic acids is 1. The zero-order valence-electron chi connectivity index (χ0n) is 12.9. The zero-order valence-corrected chi connectivity index (χ0v) is 13.7. The number of amides is 1. The fourth-order valence-electron chi connectivity index (χ4n) is 2.44. The van der Waals surface area contributed by atoms with Gasteiger partial charge in [-0.2, -0.15) is 4.98 Å². The lowest BCUT2D eigenvalue weighted by Gasteiger charge is -2.14. The van der Waals surface area contributed by atoms with E-state index in [-0.39, 0.29) is 28.9 Å². The lowest BCUT2D eigenvalue weighted by molar-refractivity contribution is 0.0800. The molecule has 0 unspecified atom stereocenters. The monoisotopic (exact) mass is 357 g/mol. The molecule has 126 valence electrons. The van der Waals surface area contributed by atoms with Crippen LogP contribution in [0.4, 0.5) is 4.39 Å². The predicted octanol–water partition coefficient (Wildman–Crippen LogP) is 3.66. The van der Waals surface area contributed by atoms with Crippen molar-refractivity contribution in [2.24, 2.45) is 0 Å². The number of aromatic nitrogens is 2. The van der Waals surface area contributed by atoms with Gasteiger partial charge in [0, 0.05) is 18.4 Å². The summed E-state index contributed by atoms with van der Waals surface area (Å²) in [6.45, 7) is 0.560. The van der Waals surface area contributed by atoms with Gasteiger partial charge in [-0.1, -0.05) is 17.3 Å². The normalized spacial score (nSPS) is 15.9. The van der Waals surface area contributed by atoms with E-state index in [0.717, 1.165) is 5.75 Å². The van der Waals surface area contributed by atoms with Crippen LogP contribution in [0.15, 0.2) is 56.6 Å². The molecule has 8 heteroatoms. The van der Waals surface area contributed by atoms with Crippen LogP contribution in [0, 0.1) is 5.82 Å². The maximum atomic E-state index is 13.8. The third-order valence-corrected chi connectivity index (χ3v) is 4.63. The Labute approximate surface area is 146 Å². The molecule has 0 spiro atoms. The van der Waals surface area contributed by atoms with Gasteiger partial charge < -0.3 is 8.94 Å². The van der Waals surface area contributed by atoms with E-state index in [1.54, 1.807) is 41.3 Å². The van der Waals surface area contributed by atoms with E-state index in [9.17, 15) is 9.18 Å². The van der Waals surface area contributed by atoms with Crippen LogP contribution in [-0.2, 0) is 0 Å². The van der Waals surface area contributed by atoms with Crippen LogP contribution in [0.5, 0.6) is 0 Å². The Kier molecular flexibility index (Phi) is 4.10. The number of furan rings is 1. The molecular formula is C17H12FN3O3S. The van der Waals surface area contributed by atoms with E-state index < -0.39 is 5.82 Å². The fourth-order valence-corrected chi connectivity index (χ4v) is 3.43. The molecule has 1 fully saturated rings. The Balaban J connectivity index is 1.60. The highest BCUT2D eigenvalue weighted by Gasteiger charge is 2.27. The number of halogens is 1. The van der Waals surface area contributed by atoms with Crippen molar-refractivity contribution in [1.82, 2.24) is 15.0 Å². The van der Waals surface area contributed by atoms with Gasteiger partial charge in [-0.3, -0.25) is 9.69 Å². The molecule has 0 radical (unpaired) electrons. The second kappa shape index (κ2) is 6.56. The SMILES string of the molecule is O=C(c1ccco1)N1CCS/C1=C/c1nc(-c2ccccc2F)no1. The molecule has 3 heterocycles. The van der Waals surface area contributed by atoms with Crippen LogP contribution in [-0.4, -0.2) is 33.2 Å². The Morgan fingerprint density at radius 1 is 1.28 bits per heavy atom. The van der Waals surface area contributed by atoms with Crippen molar-refractivity contribution in [1.29, 1.82) is 0 Å². The van der Waals surface area contributed by atoms with Gasteiger partial charge in [-0.25, -0.2) is 4.39 Å². The Bertz CT molecular complexity index is 936. The first-order valence-corrected chi connectivity index (χ1v) is 8.49. The molecule has 1 aromatic carbocycles. The average Bonchev–Trinajstić information content (AvgIpc) is 3.37. The van der Waals surface area contributed by atoms with Crippen LogP contribution in [0.2, 0.25) is 0 Å². The first-order chi connectivity index (χ1) is 12.2. The third-order valence-electron chi connectivity index (χ3n) is 3.61. The first kappa shape index (κ1) is 15.6.